The first-order valence-electron chi connectivity index (χ1n) is 10.00. The smallest absolute Gasteiger partial charge is 0.231 e. The van der Waals surface area contributed by atoms with Crippen LogP contribution in [0.3, 0.4) is 0 Å². The Labute approximate surface area is 192 Å². The van der Waals surface area contributed by atoms with Gasteiger partial charge in [-0.25, -0.2) is 4.98 Å². The molecule has 3 aromatic rings. The van der Waals surface area contributed by atoms with Crippen molar-refractivity contribution in [3.8, 4) is 23.0 Å². The number of carbonyl (C=O) groups is 1. The van der Waals surface area contributed by atoms with Gasteiger partial charge in [-0.15, -0.1) is 0 Å². The van der Waals surface area contributed by atoms with Gasteiger partial charge in [-0.05, 0) is 43.5 Å². The molecular formula is C24H25ClN4OS. The largest absolute Gasteiger partial charge is 0.337 e. The van der Waals surface area contributed by atoms with E-state index >= 15 is 0 Å². The summed E-state index contributed by atoms with van der Waals surface area (Å²) in [6, 6.07) is 17.9. The van der Waals surface area contributed by atoms with E-state index in [0.29, 0.717) is 10.2 Å². The highest BCUT2D eigenvalue weighted by atomic mass is 35.5. The molecule has 0 aliphatic carbocycles. The Morgan fingerprint density at radius 1 is 1.26 bits per heavy atom. The lowest BCUT2D eigenvalue weighted by atomic mass is 9.90. The highest BCUT2D eigenvalue weighted by Crippen LogP contribution is 2.31. The lowest BCUT2D eigenvalue weighted by Gasteiger charge is -2.27. The highest BCUT2D eigenvalue weighted by Gasteiger charge is 2.30. The maximum Gasteiger partial charge on any atom is 0.231 e. The normalized spacial score (nSPS) is 12.9. The maximum atomic E-state index is 12.6. The van der Waals surface area contributed by atoms with Crippen LogP contribution in [-0.2, 0) is 4.79 Å². The van der Waals surface area contributed by atoms with Gasteiger partial charge in [0.15, 0.2) is 5.16 Å². The zero-order valence-electron chi connectivity index (χ0n) is 18.0. The Morgan fingerprint density at radius 2 is 1.94 bits per heavy atom. The minimum absolute atomic E-state index is 0.00286. The molecule has 2 aromatic carbocycles. The minimum Gasteiger partial charge on any atom is -0.337 e. The zero-order valence-corrected chi connectivity index (χ0v) is 19.6. The molecular weight excluding hydrogens is 428 g/mol. The van der Waals surface area contributed by atoms with Crippen molar-refractivity contribution in [3.05, 3.63) is 65.3 Å². The van der Waals surface area contributed by atoms with E-state index in [1.165, 1.54) is 11.8 Å². The highest BCUT2D eigenvalue weighted by molar-refractivity contribution is 7.99. The fourth-order valence-corrected chi connectivity index (χ4v) is 3.98. The third kappa shape index (κ3) is 5.12. The summed E-state index contributed by atoms with van der Waals surface area (Å²) in [4.78, 5) is 17.2. The average molecular weight is 453 g/mol. The van der Waals surface area contributed by atoms with Gasteiger partial charge in [0.2, 0.25) is 5.91 Å². The number of thioether (sulfide) groups is 1. The number of hydrogen-bond acceptors (Lipinski definition) is 4. The molecule has 7 heteroatoms. The molecule has 31 heavy (non-hydrogen) atoms. The summed E-state index contributed by atoms with van der Waals surface area (Å²) in [5.74, 6) is -0.0422. The van der Waals surface area contributed by atoms with Gasteiger partial charge in [0.05, 0.1) is 29.4 Å². The van der Waals surface area contributed by atoms with Crippen LogP contribution in [0.25, 0.3) is 16.9 Å². The lowest BCUT2D eigenvalue weighted by molar-refractivity contribution is -0.120. The number of nitrogens with zero attached hydrogens (tertiary/aromatic N) is 3. The fourth-order valence-electron chi connectivity index (χ4n) is 3.07. The summed E-state index contributed by atoms with van der Waals surface area (Å²) < 4.78 is 2.06. The first-order chi connectivity index (χ1) is 14.7. The van der Waals surface area contributed by atoms with E-state index in [1.54, 1.807) is 6.92 Å². The molecule has 1 heterocycles. The molecule has 0 unspecified atom stereocenters. The monoisotopic (exact) mass is 452 g/mol. The Bertz CT molecular complexity index is 1120. The number of rotatable bonds is 7. The summed E-state index contributed by atoms with van der Waals surface area (Å²) in [7, 11) is 0. The van der Waals surface area contributed by atoms with Crippen molar-refractivity contribution in [3.63, 3.8) is 0 Å². The van der Waals surface area contributed by atoms with Gasteiger partial charge in [0.1, 0.15) is 5.54 Å². The van der Waals surface area contributed by atoms with Crippen LogP contribution < -0.4 is 5.32 Å². The van der Waals surface area contributed by atoms with E-state index in [0.717, 1.165) is 22.5 Å². The van der Waals surface area contributed by atoms with Crippen LogP contribution in [0.1, 0.15) is 26.3 Å². The van der Waals surface area contributed by atoms with Crippen LogP contribution in [0, 0.1) is 24.2 Å². The van der Waals surface area contributed by atoms with Crippen LogP contribution in [-0.4, -0.2) is 26.8 Å². The summed E-state index contributed by atoms with van der Waals surface area (Å²) in [6.07, 6.45) is 1.81. The van der Waals surface area contributed by atoms with Crippen molar-refractivity contribution in [2.24, 2.45) is 5.92 Å². The molecule has 0 aliphatic rings. The van der Waals surface area contributed by atoms with E-state index in [4.69, 9.17) is 11.6 Å². The number of imidazole rings is 1. The van der Waals surface area contributed by atoms with Crippen molar-refractivity contribution in [1.82, 2.24) is 14.9 Å². The Balaban J connectivity index is 1.93. The van der Waals surface area contributed by atoms with Crippen molar-refractivity contribution < 1.29 is 4.79 Å². The second kappa shape index (κ2) is 9.59. The SMILES string of the molecule is Cc1ccccc1-n1c(-c2ccc(Cl)cc2)cnc1SCC(=O)N[C@](C)(C#N)C(C)C. The molecule has 3 rings (SSSR count). The van der Waals surface area contributed by atoms with E-state index in [9.17, 15) is 10.1 Å². The number of benzene rings is 2. The quantitative estimate of drug-likeness (QED) is 0.470. The molecule has 5 nitrogen and oxygen atoms in total. The molecule has 1 amide bonds. The number of amides is 1. The molecule has 1 aromatic heterocycles. The van der Waals surface area contributed by atoms with Gasteiger partial charge in [-0.3, -0.25) is 9.36 Å². The van der Waals surface area contributed by atoms with Crippen LogP contribution in [0.15, 0.2) is 59.9 Å². The topological polar surface area (TPSA) is 70.7 Å². The predicted molar refractivity (Wildman–Crippen MR) is 126 cm³/mol. The Kier molecular flexibility index (Phi) is 7.09. The fraction of sp³-hybridized carbons (Fsp3) is 0.292. The van der Waals surface area contributed by atoms with Gasteiger partial charge in [0, 0.05) is 10.6 Å². The van der Waals surface area contributed by atoms with Crippen molar-refractivity contribution in [2.75, 3.05) is 5.75 Å². The van der Waals surface area contributed by atoms with Crippen LogP contribution in [0.5, 0.6) is 0 Å². The van der Waals surface area contributed by atoms with Crippen LogP contribution >= 0.6 is 23.4 Å². The molecule has 0 saturated heterocycles. The number of para-hydroxylation sites is 1. The van der Waals surface area contributed by atoms with E-state index in [1.807, 2.05) is 75.5 Å². The maximum absolute atomic E-state index is 12.6. The molecule has 0 saturated carbocycles. The Morgan fingerprint density at radius 3 is 2.55 bits per heavy atom. The summed E-state index contributed by atoms with van der Waals surface area (Å²) in [6.45, 7) is 7.62. The molecule has 1 N–H and O–H groups in total. The first kappa shape index (κ1) is 22.9. The van der Waals surface area contributed by atoms with Gasteiger partial charge >= 0.3 is 0 Å². The van der Waals surface area contributed by atoms with E-state index in [2.05, 4.69) is 20.9 Å². The lowest BCUT2D eigenvalue weighted by Crippen LogP contribution is -2.49. The molecule has 160 valence electrons. The van der Waals surface area contributed by atoms with E-state index in [-0.39, 0.29) is 17.6 Å². The Hall–Kier alpha value is -2.75. The van der Waals surface area contributed by atoms with Gasteiger partial charge in [0.25, 0.3) is 0 Å². The molecule has 0 radical (unpaired) electrons. The van der Waals surface area contributed by atoms with Gasteiger partial charge in [-0.2, -0.15) is 5.26 Å². The van der Waals surface area contributed by atoms with Gasteiger partial charge in [-0.1, -0.05) is 67.5 Å². The summed E-state index contributed by atoms with van der Waals surface area (Å²) in [5.41, 5.74) is 3.08. The molecule has 1 atom stereocenters. The number of carbonyl (C=O) groups excluding carboxylic acids is 1. The third-order valence-corrected chi connectivity index (χ3v) is 6.55. The number of nitrogens with one attached hydrogen (secondary N) is 1. The number of aryl methyl sites for hydroxylation is 1. The number of aromatic nitrogens is 2. The number of halogens is 1. The first-order valence-corrected chi connectivity index (χ1v) is 11.4. The predicted octanol–water partition coefficient (Wildman–Crippen LogP) is 5.65. The van der Waals surface area contributed by atoms with Crippen molar-refractivity contribution in [1.29, 1.82) is 5.26 Å². The molecule has 0 spiro atoms. The summed E-state index contributed by atoms with van der Waals surface area (Å²) in [5, 5.41) is 13.7. The minimum atomic E-state index is -0.905. The summed E-state index contributed by atoms with van der Waals surface area (Å²) >= 11 is 7.41. The van der Waals surface area contributed by atoms with Crippen LogP contribution in [0.2, 0.25) is 5.02 Å². The van der Waals surface area contributed by atoms with Crippen LogP contribution in [0.4, 0.5) is 0 Å². The molecule has 0 bridgehead atoms. The average Bonchev–Trinajstić information content (AvgIpc) is 3.16. The van der Waals surface area contributed by atoms with Crippen molar-refractivity contribution >= 4 is 29.3 Å². The zero-order chi connectivity index (χ0) is 22.6. The van der Waals surface area contributed by atoms with E-state index < -0.39 is 5.54 Å². The van der Waals surface area contributed by atoms with Crippen molar-refractivity contribution in [2.45, 2.75) is 38.4 Å². The number of nitriles is 1. The standard InChI is InChI=1S/C24H25ClN4OS/c1-16(2)24(4,15-26)28-22(30)14-31-23-27-13-21(18-9-11-19(25)12-10-18)29(23)20-8-6-5-7-17(20)3/h5-13,16H,14H2,1-4H3,(H,28,30)/t24-/m1/s1. The molecule has 0 aliphatic heterocycles. The third-order valence-electron chi connectivity index (χ3n) is 5.34. The second-order valence-corrected chi connectivity index (χ2v) is 9.24. The number of hydrogen-bond donors (Lipinski definition) is 1. The second-order valence-electron chi connectivity index (χ2n) is 7.86. The molecule has 0 fully saturated rings. The van der Waals surface area contributed by atoms with Gasteiger partial charge < -0.3 is 5.32 Å².